The van der Waals surface area contributed by atoms with Gasteiger partial charge in [0.1, 0.15) is 11.5 Å². The second-order valence-corrected chi connectivity index (χ2v) is 9.27. The molecule has 1 N–H and O–H groups in total. The first-order chi connectivity index (χ1) is 15.6. The third-order valence-corrected chi connectivity index (χ3v) is 6.95. The lowest BCUT2D eigenvalue weighted by molar-refractivity contribution is -0.115. The maximum absolute atomic E-state index is 12.2. The SMILES string of the molecule is C[C@H](CCCc1ccccc1)Oc1ccc2c(c1)=C1C(O)=CC(=O)CN1[C@H]1CCCCC=21. The van der Waals surface area contributed by atoms with Gasteiger partial charge in [-0.2, -0.15) is 0 Å². The Balaban J connectivity index is 1.41. The molecule has 5 rings (SSSR count). The molecule has 2 heterocycles. The van der Waals surface area contributed by atoms with E-state index in [1.54, 1.807) is 0 Å². The van der Waals surface area contributed by atoms with Crippen LogP contribution in [0.4, 0.5) is 0 Å². The van der Waals surface area contributed by atoms with E-state index in [1.165, 1.54) is 28.9 Å². The summed E-state index contributed by atoms with van der Waals surface area (Å²) in [5.74, 6) is 0.877. The van der Waals surface area contributed by atoms with Crippen molar-refractivity contribution in [1.29, 1.82) is 0 Å². The zero-order valence-electron chi connectivity index (χ0n) is 18.7. The highest BCUT2D eigenvalue weighted by Crippen LogP contribution is 2.35. The largest absolute Gasteiger partial charge is 0.506 e. The normalized spacial score (nSPS) is 20.8. The van der Waals surface area contributed by atoms with E-state index in [2.05, 4.69) is 54.3 Å². The molecule has 2 aromatic rings. The molecule has 1 fully saturated rings. The average Bonchev–Trinajstić information content (AvgIpc) is 2.79. The third kappa shape index (κ3) is 4.06. The molecular formula is C28H31NO3. The van der Waals surface area contributed by atoms with Crippen molar-refractivity contribution in [1.82, 2.24) is 4.90 Å². The van der Waals surface area contributed by atoms with Crippen LogP contribution < -0.4 is 15.2 Å². The molecular weight excluding hydrogens is 398 g/mol. The number of rotatable bonds is 6. The molecule has 3 aliphatic rings. The quantitative estimate of drug-likeness (QED) is 0.754. The van der Waals surface area contributed by atoms with E-state index >= 15 is 0 Å². The number of nitrogens with zero attached hydrogens (tertiary/aromatic N) is 1. The van der Waals surface area contributed by atoms with Crippen molar-refractivity contribution < 1.29 is 14.6 Å². The molecule has 166 valence electrons. The monoisotopic (exact) mass is 429 g/mol. The Morgan fingerprint density at radius 2 is 1.97 bits per heavy atom. The van der Waals surface area contributed by atoms with Gasteiger partial charge >= 0.3 is 0 Å². The fourth-order valence-corrected chi connectivity index (χ4v) is 5.47. The zero-order valence-corrected chi connectivity index (χ0v) is 18.7. The van der Waals surface area contributed by atoms with E-state index in [-0.39, 0.29) is 23.7 Å². The number of benzene rings is 2. The van der Waals surface area contributed by atoms with Crippen LogP contribution in [0.15, 0.2) is 60.4 Å². The van der Waals surface area contributed by atoms with Crippen molar-refractivity contribution in [2.24, 2.45) is 0 Å². The standard InChI is InChI=1S/C28H31NO3/c1-19(8-7-11-20-9-3-2-4-10-20)32-22-14-15-23-24-12-5-6-13-26(24)29-18-21(30)16-27(31)28(29)25(23)17-22/h2-4,9-10,14-17,19,26,31H,5-8,11-13,18H2,1H3/t19-,26+/m1/s1. The minimum Gasteiger partial charge on any atom is -0.506 e. The fourth-order valence-electron chi connectivity index (χ4n) is 5.47. The topological polar surface area (TPSA) is 49.8 Å². The number of hydrogen-bond acceptors (Lipinski definition) is 4. The summed E-state index contributed by atoms with van der Waals surface area (Å²) < 4.78 is 6.28. The minimum absolute atomic E-state index is 0.0286. The predicted octanol–water partition coefficient (Wildman–Crippen LogP) is 4.02. The summed E-state index contributed by atoms with van der Waals surface area (Å²) in [4.78, 5) is 14.3. The maximum Gasteiger partial charge on any atom is 0.178 e. The van der Waals surface area contributed by atoms with Gasteiger partial charge in [-0.3, -0.25) is 4.79 Å². The van der Waals surface area contributed by atoms with Gasteiger partial charge in [0.2, 0.25) is 0 Å². The Hall–Kier alpha value is -3.01. The summed E-state index contributed by atoms with van der Waals surface area (Å²) in [5, 5.41) is 12.9. The third-order valence-electron chi connectivity index (χ3n) is 6.95. The molecule has 1 aliphatic carbocycles. The summed E-state index contributed by atoms with van der Waals surface area (Å²) in [5.41, 5.74) is 3.55. The van der Waals surface area contributed by atoms with Crippen molar-refractivity contribution in [2.45, 2.75) is 64.0 Å². The summed E-state index contributed by atoms with van der Waals surface area (Å²) in [6, 6.07) is 17.1. The first-order valence-corrected chi connectivity index (χ1v) is 11.9. The molecule has 2 aliphatic heterocycles. The van der Waals surface area contributed by atoms with E-state index in [4.69, 9.17) is 4.74 Å². The molecule has 4 heteroatoms. The van der Waals surface area contributed by atoms with Gasteiger partial charge < -0.3 is 14.7 Å². The molecule has 2 atom stereocenters. The molecule has 0 saturated heterocycles. The molecule has 4 nitrogen and oxygen atoms in total. The predicted molar refractivity (Wildman–Crippen MR) is 127 cm³/mol. The second kappa shape index (κ2) is 8.85. The van der Waals surface area contributed by atoms with Crippen molar-refractivity contribution in [3.05, 3.63) is 76.4 Å². The Labute approximate surface area is 189 Å². The number of aliphatic hydroxyl groups excluding tert-OH is 1. The number of ketones is 1. The molecule has 0 unspecified atom stereocenters. The van der Waals surface area contributed by atoms with E-state index in [0.717, 1.165) is 55.2 Å². The number of aryl methyl sites for hydroxylation is 1. The van der Waals surface area contributed by atoms with Crippen LogP contribution in [0.2, 0.25) is 0 Å². The molecule has 1 saturated carbocycles. The van der Waals surface area contributed by atoms with Gasteiger partial charge in [0.25, 0.3) is 0 Å². The van der Waals surface area contributed by atoms with Crippen molar-refractivity contribution in [3.63, 3.8) is 0 Å². The highest BCUT2D eigenvalue weighted by molar-refractivity contribution is 5.97. The maximum atomic E-state index is 12.2. The van der Waals surface area contributed by atoms with Gasteiger partial charge in [0.05, 0.1) is 24.4 Å². The van der Waals surface area contributed by atoms with E-state index in [0.29, 0.717) is 6.54 Å². The second-order valence-electron chi connectivity index (χ2n) is 9.27. The first-order valence-electron chi connectivity index (χ1n) is 11.9. The summed E-state index contributed by atoms with van der Waals surface area (Å²) in [6.45, 7) is 2.46. The van der Waals surface area contributed by atoms with Crippen LogP contribution in [0.25, 0.3) is 11.3 Å². The van der Waals surface area contributed by atoms with E-state index in [1.807, 2.05) is 6.07 Å². The highest BCUT2D eigenvalue weighted by Gasteiger charge is 2.35. The van der Waals surface area contributed by atoms with Gasteiger partial charge in [0, 0.05) is 11.3 Å². The van der Waals surface area contributed by atoms with E-state index in [9.17, 15) is 9.90 Å². The van der Waals surface area contributed by atoms with Crippen LogP contribution in [-0.4, -0.2) is 34.5 Å². The number of carbonyl (C=O) groups is 1. The number of carbonyl (C=O) groups excluding carboxylic acids is 1. The molecule has 0 amide bonds. The summed E-state index contributed by atoms with van der Waals surface area (Å²) in [6.07, 6.45) is 9.02. The lowest BCUT2D eigenvalue weighted by atomic mass is 9.83. The van der Waals surface area contributed by atoms with Crippen molar-refractivity contribution >= 4 is 17.1 Å². The number of hydrogen-bond donors (Lipinski definition) is 1. The van der Waals surface area contributed by atoms with Gasteiger partial charge in [-0.05, 0) is 73.9 Å². The lowest BCUT2D eigenvalue weighted by Crippen LogP contribution is -2.52. The zero-order chi connectivity index (χ0) is 22.1. The van der Waals surface area contributed by atoms with Crippen LogP contribution in [0.3, 0.4) is 0 Å². The summed E-state index contributed by atoms with van der Waals surface area (Å²) in [7, 11) is 0. The Kier molecular flexibility index (Phi) is 5.77. The molecule has 0 aromatic heterocycles. The molecule has 32 heavy (non-hydrogen) atoms. The molecule has 0 spiro atoms. The van der Waals surface area contributed by atoms with Gasteiger partial charge in [0.15, 0.2) is 5.78 Å². The van der Waals surface area contributed by atoms with Crippen LogP contribution in [0.5, 0.6) is 5.75 Å². The Morgan fingerprint density at radius 1 is 1.12 bits per heavy atom. The number of aliphatic hydroxyl groups is 1. The van der Waals surface area contributed by atoms with Gasteiger partial charge in [-0.25, -0.2) is 0 Å². The van der Waals surface area contributed by atoms with Crippen LogP contribution >= 0.6 is 0 Å². The van der Waals surface area contributed by atoms with Gasteiger partial charge in [-0.1, -0.05) is 42.8 Å². The fraction of sp³-hybridized carbons (Fsp3) is 0.393. The smallest absolute Gasteiger partial charge is 0.178 e. The first kappa shape index (κ1) is 20.9. The average molecular weight is 430 g/mol. The summed E-state index contributed by atoms with van der Waals surface area (Å²) >= 11 is 0. The molecule has 0 radical (unpaired) electrons. The lowest BCUT2D eigenvalue weighted by Gasteiger charge is -2.42. The minimum atomic E-state index is -0.0286. The molecule has 0 bridgehead atoms. The Morgan fingerprint density at radius 3 is 2.81 bits per heavy atom. The highest BCUT2D eigenvalue weighted by atomic mass is 16.5. The number of fused-ring (bicyclic) bond motifs is 4. The van der Waals surface area contributed by atoms with Crippen LogP contribution in [-0.2, 0) is 11.2 Å². The van der Waals surface area contributed by atoms with E-state index < -0.39 is 0 Å². The van der Waals surface area contributed by atoms with Gasteiger partial charge in [-0.15, -0.1) is 0 Å². The number of ether oxygens (including phenoxy) is 1. The van der Waals surface area contributed by atoms with Crippen molar-refractivity contribution in [2.75, 3.05) is 6.54 Å². The Bertz CT molecular complexity index is 1160. The van der Waals surface area contributed by atoms with Crippen LogP contribution in [0.1, 0.15) is 51.0 Å². The molecule has 2 aromatic carbocycles. The van der Waals surface area contributed by atoms with Crippen LogP contribution in [0, 0.1) is 0 Å². The van der Waals surface area contributed by atoms with Crippen molar-refractivity contribution in [3.8, 4) is 5.75 Å².